The molecule has 4 aliphatic rings. The van der Waals surface area contributed by atoms with Gasteiger partial charge in [0, 0.05) is 10.8 Å². The van der Waals surface area contributed by atoms with Crippen molar-refractivity contribution in [1.29, 1.82) is 0 Å². The molecule has 0 radical (unpaired) electrons. The average Bonchev–Trinajstić information content (AvgIpc) is 3.47. The van der Waals surface area contributed by atoms with E-state index in [1.54, 1.807) is 0 Å². The molecular formula is C19H24Cl2O7. The van der Waals surface area contributed by atoms with Crippen molar-refractivity contribution in [3.8, 4) is 0 Å². The highest BCUT2D eigenvalue weighted by atomic mass is 35.5. The molecular weight excluding hydrogens is 411 g/mol. The summed E-state index contributed by atoms with van der Waals surface area (Å²) in [4.78, 5) is 23.7. The quantitative estimate of drug-likeness (QED) is 0.303. The molecule has 2 heterocycles. The monoisotopic (exact) mass is 434 g/mol. The van der Waals surface area contributed by atoms with E-state index in [1.807, 2.05) is 19.9 Å². The first-order chi connectivity index (χ1) is 13.3. The van der Waals surface area contributed by atoms with E-state index in [1.165, 1.54) is 0 Å². The van der Waals surface area contributed by atoms with Crippen LogP contribution in [0.2, 0.25) is 0 Å². The zero-order valence-corrected chi connectivity index (χ0v) is 17.3. The van der Waals surface area contributed by atoms with Gasteiger partial charge in [-0.2, -0.15) is 0 Å². The molecule has 0 amide bonds. The Morgan fingerprint density at radius 3 is 2.61 bits per heavy atom. The van der Waals surface area contributed by atoms with E-state index in [0.29, 0.717) is 13.0 Å². The third-order valence-electron chi connectivity index (χ3n) is 7.25. The van der Waals surface area contributed by atoms with E-state index in [9.17, 15) is 14.7 Å². The fourth-order valence-electron chi connectivity index (χ4n) is 5.56. The van der Waals surface area contributed by atoms with Gasteiger partial charge in [0.2, 0.25) is 0 Å². The molecule has 28 heavy (non-hydrogen) atoms. The van der Waals surface area contributed by atoms with Crippen LogP contribution >= 0.6 is 23.2 Å². The van der Waals surface area contributed by atoms with Crippen LogP contribution in [0.5, 0.6) is 0 Å². The molecule has 3 fully saturated rings. The van der Waals surface area contributed by atoms with Crippen molar-refractivity contribution in [2.24, 2.45) is 10.8 Å². The first-order valence-corrected chi connectivity index (χ1v) is 10.4. The van der Waals surface area contributed by atoms with Gasteiger partial charge in [-0.1, -0.05) is 18.6 Å². The van der Waals surface area contributed by atoms with Crippen molar-refractivity contribution in [3.63, 3.8) is 0 Å². The SMILES string of the molecule is CC1=C[C@H]2O[C@@H]3[C@H](OC(=O)CCl)[C@@H](O)[C@](C)([C@@]2(COC(=O)CCl)CC1)[C@]31CO1. The lowest BCUT2D eigenvalue weighted by Crippen LogP contribution is -2.66. The van der Waals surface area contributed by atoms with Gasteiger partial charge in [0.25, 0.3) is 0 Å². The zero-order chi connectivity index (χ0) is 20.3. The summed E-state index contributed by atoms with van der Waals surface area (Å²) in [6, 6.07) is 0. The van der Waals surface area contributed by atoms with E-state index >= 15 is 0 Å². The van der Waals surface area contributed by atoms with Crippen LogP contribution in [0.15, 0.2) is 11.6 Å². The maximum atomic E-state index is 11.9. The molecule has 4 rings (SSSR count). The number of ether oxygens (including phenoxy) is 4. The maximum absolute atomic E-state index is 11.9. The van der Waals surface area contributed by atoms with Crippen molar-refractivity contribution < 1.29 is 33.6 Å². The molecule has 0 unspecified atom stereocenters. The smallest absolute Gasteiger partial charge is 0.321 e. The van der Waals surface area contributed by atoms with Crippen molar-refractivity contribution in [2.75, 3.05) is 25.0 Å². The number of esters is 2. The summed E-state index contributed by atoms with van der Waals surface area (Å²) in [5.41, 5.74) is -1.23. The molecule has 1 N–H and O–H groups in total. The standard InChI is InChI=1S/C19H24Cl2O7/c1-10-3-4-18(8-25-12(22)6-20)11(5-10)27-16-14(28-13(23)7-21)15(24)17(18,2)19(16)9-26-19/h5,11,14-16,24H,3-4,6-9H2,1-2H3/t11-,14-,15-,16-,17-,18-,19+/m1/s1. The van der Waals surface area contributed by atoms with Gasteiger partial charge in [-0.3, -0.25) is 9.59 Å². The van der Waals surface area contributed by atoms with Gasteiger partial charge < -0.3 is 24.1 Å². The van der Waals surface area contributed by atoms with Gasteiger partial charge in [0.05, 0.1) is 12.7 Å². The Kier molecular flexibility index (Phi) is 4.99. The van der Waals surface area contributed by atoms with Crippen molar-refractivity contribution >= 4 is 35.1 Å². The zero-order valence-electron chi connectivity index (χ0n) is 15.8. The molecule has 2 bridgehead atoms. The third kappa shape index (κ3) is 2.53. The second kappa shape index (κ2) is 6.84. The van der Waals surface area contributed by atoms with Gasteiger partial charge in [0.15, 0.2) is 6.10 Å². The number of rotatable bonds is 5. The Morgan fingerprint density at radius 2 is 2.00 bits per heavy atom. The summed E-state index contributed by atoms with van der Waals surface area (Å²) in [5.74, 6) is -1.73. The van der Waals surface area contributed by atoms with Gasteiger partial charge in [-0.15, -0.1) is 23.2 Å². The van der Waals surface area contributed by atoms with Gasteiger partial charge in [0.1, 0.15) is 36.2 Å². The summed E-state index contributed by atoms with van der Waals surface area (Å²) in [5, 5.41) is 11.4. The van der Waals surface area contributed by atoms with Crippen LogP contribution < -0.4 is 0 Å². The van der Waals surface area contributed by atoms with Gasteiger partial charge in [-0.05, 0) is 19.8 Å². The van der Waals surface area contributed by atoms with Crippen LogP contribution in [0.4, 0.5) is 0 Å². The number of hydrogen-bond donors (Lipinski definition) is 1. The largest absolute Gasteiger partial charge is 0.464 e. The number of fused-ring (bicyclic) bond motifs is 2. The Morgan fingerprint density at radius 1 is 1.32 bits per heavy atom. The van der Waals surface area contributed by atoms with Gasteiger partial charge >= 0.3 is 11.9 Å². The minimum Gasteiger partial charge on any atom is -0.464 e. The normalized spacial score (nSPS) is 46.0. The number of epoxide rings is 1. The molecule has 7 nitrogen and oxygen atoms in total. The molecule has 2 aliphatic carbocycles. The predicted octanol–water partition coefficient (Wildman–Crippen LogP) is 1.56. The molecule has 0 aromatic carbocycles. The van der Waals surface area contributed by atoms with E-state index in [-0.39, 0.29) is 18.4 Å². The second-order valence-electron chi connectivity index (χ2n) is 8.35. The molecule has 2 aliphatic heterocycles. The summed E-state index contributed by atoms with van der Waals surface area (Å²) in [6.07, 6.45) is 0.422. The first-order valence-electron chi connectivity index (χ1n) is 9.37. The molecule has 156 valence electrons. The molecule has 1 saturated carbocycles. The topological polar surface area (TPSA) is 94.6 Å². The van der Waals surface area contributed by atoms with Crippen molar-refractivity contribution in [2.45, 2.75) is 56.7 Å². The van der Waals surface area contributed by atoms with Crippen LogP contribution in [0, 0.1) is 10.8 Å². The fraction of sp³-hybridized carbons (Fsp3) is 0.789. The Bertz CT molecular complexity index is 721. The van der Waals surface area contributed by atoms with Crippen molar-refractivity contribution in [3.05, 3.63) is 11.6 Å². The molecule has 7 atom stereocenters. The van der Waals surface area contributed by atoms with E-state index in [4.69, 9.17) is 42.1 Å². The van der Waals surface area contributed by atoms with Crippen LogP contribution in [0.1, 0.15) is 26.7 Å². The molecule has 9 heteroatoms. The molecule has 1 spiro atoms. The lowest BCUT2D eigenvalue weighted by atomic mass is 9.51. The Labute approximate surface area is 173 Å². The average molecular weight is 435 g/mol. The summed E-state index contributed by atoms with van der Waals surface area (Å²) < 4.78 is 23.2. The van der Waals surface area contributed by atoms with Crippen LogP contribution in [0.25, 0.3) is 0 Å². The summed E-state index contributed by atoms with van der Waals surface area (Å²) >= 11 is 11.2. The number of carbonyl (C=O) groups is 2. The van der Waals surface area contributed by atoms with E-state index in [2.05, 4.69) is 0 Å². The number of hydrogen-bond acceptors (Lipinski definition) is 7. The highest BCUT2D eigenvalue weighted by Crippen LogP contribution is 2.71. The number of aliphatic hydroxyl groups excluding tert-OH is 1. The number of carbonyl (C=O) groups excluding carboxylic acids is 2. The lowest BCUT2D eigenvalue weighted by Gasteiger charge is -2.57. The third-order valence-corrected chi connectivity index (χ3v) is 7.68. The number of allylic oxidation sites excluding steroid dienone is 1. The van der Waals surface area contributed by atoms with Crippen molar-refractivity contribution in [1.82, 2.24) is 0 Å². The highest BCUT2D eigenvalue weighted by molar-refractivity contribution is 6.26. The van der Waals surface area contributed by atoms with E-state index < -0.39 is 52.8 Å². The summed E-state index contributed by atoms with van der Waals surface area (Å²) in [7, 11) is 0. The number of aliphatic hydroxyl groups is 1. The predicted molar refractivity (Wildman–Crippen MR) is 99.2 cm³/mol. The summed E-state index contributed by atoms with van der Waals surface area (Å²) in [6.45, 7) is 4.35. The Hall–Kier alpha value is -0.860. The number of halogens is 2. The fourth-order valence-corrected chi connectivity index (χ4v) is 5.70. The molecule has 2 saturated heterocycles. The second-order valence-corrected chi connectivity index (χ2v) is 8.89. The maximum Gasteiger partial charge on any atom is 0.321 e. The molecule has 0 aromatic rings. The first kappa shape index (κ1) is 20.4. The number of alkyl halides is 2. The highest BCUT2D eigenvalue weighted by Gasteiger charge is 2.85. The lowest BCUT2D eigenvalue weighted by molar-refractivity contribution is -0.231. The van der Waals surface area contributed by atoms with Crippen LogP contribution in [0.3, 0.4) is 0 Å². The minimum absolute atomic E-state index is 0.0363. The van der Waals surface area contributed by atoms with Crippen LogP contribution in [-0.4, -0.2) is 72.0 Å². The van der Waals surface area contributed by atoms with E-state index in [0.717, 1.165) is 12.0 Å². The van der Waals surface area contributed by atoms with Crippen LogP contribution in [-0.2, 0) is 28.5 Å². The van der Waals surface area contributed by atoms with Gasteiger partial charge in [-0.25, -0.2) is 0 Å². The Balaban J connectivity index is 1.78. The minimum atomic E-state index is -1.06. The molecule has 0 aromatic heterocycles.